The van der Waals surface area contributed by atoms with Gasteiger partial charge in [0.05, 0.1) is 4.75 Å². The van der Waals surface area contributed by atoms with Gasteiger partial charge in [-0.3, -0.25) is 4.79 Å². The maximum atomic E-state index is 12.7. The summed E-state index contributed by atoms with van der Waals surface area (Å²) in [6, 6.07) is 0. The van der Waals surface area contributed by atoms with Gasteiger partial charge in [-0.15, -0.1) is 11.8 Å². The summed E-state index contributed by atoms with van der Waals surface area (Å²) in [5, 5.41) is 0. The van der Waals surface area contributed by atoms with Gasteiger partial charge in [0, 0.05) is 13.1 Å². The van der Waals surface area contributed by atoms with Gasteiger partial charge in [0.15, 0.2) is 0 Å². The molecule has 0 spiro atoms. The van der Waals surface area contributed by atoms with Crippen LogP contribution in [0.5, 0.6) is 0 Å². The lowest BCUT2D eigenvalue weighted by Crippen LogP contribution is -2.49. The molecule has 0 aromatic carbocycles. The maximum absolute atomic E-state index is 12.7. The lowest BCUT2D eigenvalue weighted by molar-refractivity contribution is -0.134. The summed E-state index contributed by atoms with van der Waals surface area (Å²) in [7, 11) is 0. The van der Waals surface area contributed by atoms with E-state index >= 15 is 0 Å². The molecule has 1 amide bonds. The van der Waals surface area contributed by atoms with Crippen LogP contribution < -0.4 is 5.73 Å². The van der Waals surface area contributed by atoms with E-state index in [1.54, 1.807) is 0 Å². The Morgan fingerprint density at radius 1 is 1.50 bits per heavy atom. The molecular weight excluding hydrogens is 244 g/mol. The summed E-state index contributed by atoms with van der Waals surface area (Å²) < 4.78 is -0.195. The van der Waals surface area contributed by atoms with Crippen molar-refractivity contribution in [2.24, 2.45) is 11.1 Å². The van der Waals surface area contributed by atoms with Crippen LogP contribution in [0.25, 0.3) is 0 Å². The lowest BCUT2D eigenvalue weighted by atomic mass is 9.92. The molecule has 18 heavy (non-hydrogen) atoms. The lowest BCUT2D eigenvalue weighted by Gasteiger charge is -2.36. The van der Waals surface area contributed by atoms with Crippen molar-refractivity contribution < 1.29 is 4.79 Å². The third-order valence-corrected chi connectivity index (χ3v) is 5.13. The first-order chi connectivity index (χ1) is 8.34. The van der Waals surface area contributed by atoms with Crippen LogP contribution in [0.15, 0.2) is 0 Å². The van der Waals surface area contributed by atoms with Crippen molar-refractivity contribution in [2.45, 2.75) is 51.7 Å². The van der Waals surface area contributed by atoms with Gasteiger partial charge in [-0.25, -0.2) is 0 Å². The Kier molecular flexibility index (Phi) is 5.53. The predicted molar refractivity (Wildman–Crippen MR) is 79.8 cm³/mol. The minimum Gasteiger partial charge on any atom is -0.341 e. The zero-order valence-electron chi connectivity index (χ0n) is 12.3. The Morgan fingerprint density at radius 3 is 2.61 bits per heavy atom. The van der Waals surface area contributed by atoms with Crippen LogP contribution in [0, 0.1) is 5.41 Å². The van der Waals surface area contributed by atoms with Crippen molar-refractivity contribution in [1.29, 1.82) is 0 Å². The standard InChI is InChI=1S/C14H28N2OS/c1-5-8-16(11-13(2,3)10-15)12(17)14(4)7-6-9-18-14/h5-11,15H2,1-4H3. The molecule has 0 bridgehead atoms. The smallest absolute Gasteiger partial charge is 0.238 e. The first kappa shape index (κ1) is 15.8. The average molecular weight is 272 g/mol. The molecule has 1 fully saturated rings. The molecule has 1 heterocycles. The molecule has 1 rings (SSSR count). The Morgan fingerprint density at radius 2 is 2.17 bits per heavy atom. The van der Waals surface area contributed by atoms with Gasteiger partial charge < -0.3 is 10.6 Å². The van der Waals surface area contributed by atoms with E-state index in [1.165, 1.54) is 0 Å². The Balaban J connectivity index is 2.74. The molecule has 0 aromatic heterocycles. The van der Waals surface area contributed by atoms with Crippen LogP contribution in [0.4, 0.5) is 0 Å². The molecule has 2 N–H and O–H groups in total. The van der Waals surface area contributed by atoms with E-state index in [0.29, 0.717) is 12.5 Å². The molecule has 3 nitrogen and oxygen atoms in total. The number of nitrogens with two attached hydrogens (primary N) is 1. The molecule has 1 saturated heterocycles. The first-order valence-electron chi connectivity index (χ1n) is 6.98. The highest BCUT2D eigenvalue weighted by atomic mass is 32.2. The minimum atomic E-state index is -0.195. The summed E-state index contributed by atoms with van der Waals surface area (Å²) in [6.45, 7) is 10.7. The summed E-state index contributed by atoms with van der Waals surface area (Å²) in [4.78, 5) is 14.7. The fourth-order valence-corrected chi connectivity index (χ4v) is 3.67. The van der Waals surface area contributed by atoms with Gasteiger partial charge in [-0.1, -0.05) is 20.8 Å². The molecule has 106 valence electrons. The molecule has 0 aliphatic carbocycles. The largest absolute Gasteiger partial charge is 0.341 e. The zero-order chi connectivity index (χ0) is 13.8. The van der Waals surface area contributed by atoms with Crippen molar-refractivity contribution >= 4 is 17.7 Å². The number of amides is 1. The second-order valence-electron chi connectivity index (χ2n) is 6.28. The van der Waals surface area contributed by atoms with Gasteiger partial charge in [0.1, 0.15) is 0 Å². The fourth-order valence-electron chi connectivity index (χ4n) is 2.39. The highest BCUT2D eigenvalue weighted by Crippen LogP contribution is 2.39. The number of hydrogen-bond acceptors (Lipinski definition) is 3. The quantitative estimate of drug-likeness (QED) is 0.808. The first-order valence-corrected chi connectivity index (χ1v) is 7.96. The van der Waals surface area contributed by atoms with Crippen molar-refractivity contribution in [3.8, 4) is 0 Å². The number of carbonyl (C=O) groups is 1. The van der Waals surface area contributed by atoms with Crippen molar-refractivity contribution in [3.63, 3.8) is 0 Å². The van der Waals surface area contributed by atoms with Gasteiger partial charge in [-0.05, 0) is 43.9 Å². The molecule has 0 aromatic rings. The number of hydrogen-bond donors (Lipinski definition) is 1. The van der Waals surface area contributed by atoms with E-state index in [1.807, 2.05) is 16.7 Å². The van der Waals surface area contributed by atoms with Crippen molar-refractivity contribution in [1.82, 2.24) is 4.90 Å². The predicted octanol–water partition coefficient (Wildman–Crippen LogP) is 2.50. The van der Waals surface area contributed by atoms with Crippen LogP contribution in [0.1, 0.15) is 47.0 Å². The Labute approximate surface area is 116 Å². The average Bonchev–Trinajstić information content (AvgIpc) is 2.76. The van der Waals surface area contributed by atoms with E-state index in [2.05, 4.69) is 27.7 Å². The number of nitrogens with zero attached hydrogens (tertiary/aromatic N) is 1. The van der Waals surface area contributed by atoms with E-state index < -0.39 is 0 Å². The zero-order valence-corrected chi connectivity index (χ0v) is 13.1. The van der Waals surface area contributed by atoms with E-state index in [0.717, 1.165) is 38.1 Å². The van der Waals surface area contributed by atoms with Crippen LogP contribution in [0.3, 0.4) is 0 Å². The number of thioether (sulfide) groups is 1. The summed E-state index contributed by atoms with van der Waals surface area (Å²) in [5.41, 5.74) is 5.80. The van der Waals surface area contributed by atoms with E-state index in [4.69, 9.17) is 5.73 Å². The van der Waals surface area contributed by atoms with Crippen LogP contribution in [-0.4, -0.2) is 40.9 Å². The summed E-state index contributed by atoms with van der Waals surface area (Å²) in [6.07, 6.45) is 3.18. The number of carbonyl (C=O) groups excluding carboxylic acids is 1. The summed E-state index contributed by atoms with van der Waals surface area (Å²) >= 11 is 1.82. The molecular formula is C14H28N2OS. The molecule has 4 heteroatoms. The molecule has 1 unspecified atom stereocenters. The van der Waals surface area contributed by atoms with Gasteiger partial charge >= 0.3 is 0 Å². The molecule has 1 aliphatic heterocycles. The monoisotopic (exact) mass is 272 g/mol. The van der Waals surface area contributed by atoms with Gasteiger partial charge in [-0.2, -0.15) is 0 Å². The summed E-state index contributed by atoms with van der Waals surface area (Å²) in [5.74, 6) is 1.43. The van der Waals surface area contributed by atoms with Crippen LogP contribution in [0.2, 0.25) is 0 Å². The molecule has 1 aliphatic rings. The van der Waals surface area contributed by atoms with E-state index in [9.17, 15) is 4.79 Å². The third-order valence-electron chi connectivity index (χ3n) is 3.62. The van der Waals surface area contributed by atoms with Crippen LogP contribution >= 0.6 is 11.8 Å². The Bertz CT molecular complexity index is 286. The fraction of sp³-hybridized carbons (Fsp3) is 0.929. The SMILES string of the molecule is CCCN(CC(C)(C)CN)C(=O)C1(C)CCCS1. The van der Waals surface area contributed by atoms with Gasteiger partial charge in [0.2, 0.25) is 5.91 Å². The van der Waals surface area contributed by atoms with Crippen molar-refractivity contribution in [3.05, 3.63) is 0 Å². The van der Waals surface area contributed by atoms with Gasteiger partial charge in [0.25, 0.3) is 0 Å². The normalized spacial score (nSPS) is 24.3. The topological polar surface area (TPSA) is 46.3 Å². The molecule has 0 saturated carbocycles. The van der Waals surface area contributed by atoms with Crippen LogP contribution in [-0.2, 0) is 4.79 Å². The number of rotatable bonds is 6. The Hall–Kier alpha value is -0.220. The second-order valence-corrected chi connectivity index (χ2v) is 7.88. The highest BCUT2D eigenvalue weighted by Gasteiger charge is 2.40. The maximum Gasteiger partial charge on any atom is 0.238 e. The minimum absolute atomic E-state index is 0.00443. The molecule has 0 radical (unpaired) electrons. The van der Waals surface area contributed by atoms with E-state index in [-0.39, 0.29) is 10.2 Å². The molecule has 1 atom stereocenters. The highest BCUT2D eigenvalue weighted by molar-refractivity contribution is 8.01. The second kappa shape index (κ2) is 6.29. The van der Waals surface area contributed by atoms with Crippen molar-refractivity contribution in [2.75, 3.05) is 25.4 Å². The third kappa shape index (κ3) is 3.89.